The third kappa shape index (κ3) is 8.41. The molecule has 0 saturated carbocycles. The number of nitrogens with one attached hydrogen (secondary N) is 1. The molecule has 3 aromatic rings. The SMILES string of the molecule is CC(C)(C)NC(=O)[C@@H](Cc1ccccc1)N(Cc1ccc(Cl)c(Cl)c1)C(=O)CCc1ccccc1. The van der Waals surface area contributed by atoms with Gasteiger partial charge < -0.3 is 10.2 Å². The van der Waals surface area contributed by atoms with E-state index < -0.39 is 11.6 Å². The van der Waals surface area contributed by atoms with Crippen molar-refractivity contribution in [1.29, 1.82) is 0 Å². The normalized spacial score (nSPS) is 12.1. The van der Waals surface area contributed by atoms with Gasteiger partial charge in [0.15, 0.2) is 0 Å². The Morgan fingerprint density at radius 3 is 2.00 bits per heavy atom. The van der Waals surface area contributed by atoms with Gasteiger partial charge in [-0.15, -0.1) is 0 Å². The Morgan fingerprint density at radius 2 is 1.43 bits per heavy atom. The molecule has 35 heavy (non-hydrogen) atoms. The molecule has 4 nitrogen and oxygen atoms in total. The number of halogens is 2. The van der Waals surface area contributed by atoms with Crippen molar-refractivity contribution in [3.8, 4) is 0 Å². The predicted octanol–water partition coefficient (Wildman–Crippen LogP) is 6.48. The second-order valence-electron chi connectivity index (χ2n) is 9.70. The van der Waals surface area contributed by atoms with E-state index in [1.807, 2.05) is 87.5 Å². The van der Waals surface area contributed by atoms with Crippen LogP contribution in [0.15, 0.2) is 78.9 Å². The van der Waals surface area contributed by atoms with Gasteiger partial charge in [0.1, 0.15) is 6.04 Å². The number of hydrogen-bond acceptors (Lipinski definition) is 2. The Kier molecular flexibility index (Phi) is 9.36. The molecule has 0 heterocycles. The fourth-order valence-corrected chi connectivity index (χ4v) is 4.20. The molecule has 0 aliphatic rings. The van der Waals surface area contributed by atoms with E-state index in [1.54, 1.807) is 17.0 Å². The van der Waals surface area contributed by atoms with Crippen LogP contribution < -0.4 is 5.32 Å². The number of amides is 2. The molecule has 0 aromatic heterocycles. The zero-order chi connectivity index (χ0) is 25.4. The van der Waals surface area contributed by atoms with Crippen molar-refractivity contribution in [3.05, 3.63) is 106 Å². The van der Waals surface area contributed by atoms with E-state index in [2.05, 4.69) is 5.32 Å². The number of nitrogens with zero attached hydrogens (tertiary/aromatic N) is 1. The van der Waals surface area contributed by atoms with Gasteiger partial charge >= 0.3 is 0 Å². The first kappa shape index (κ1) is 26.8. The highest BCUT2D eigenvalue weighted by Crippen LogP contribution is 2.25. The zero-order valence-electron chi connectivity index (χ0n) is 20.4. The molecule has 6 heteroatoms. The van der Waals surface area contributed by atoms with Gasteiger partial charge in [0.25, 0.3) is 0 Å². The third-order valence-electron chi connectivity index (χ3n) is 5.58. The summed E-state index contributed by atoms with van der Waals surface area (Å²) in [6.45, 7) is 6.06. The molecule has 1 atom stereocenters. The fourth-order valence-electron chi connectivity index (χ4n) is 3.88. The molecule has 1 N–H and O–H groups in total. The van der Waals surface area contributed by atoms with E-state index in [1.165, 1.54) is 0 Å². The summed E-state index contributed by atoms with van der Waals surface area (Å²) in [6.07, 6.45) is 1.29. The molecule has 0 fully saturated rings. The van der Waals surface area contributed by atoms with Crippen LogP contribution in [0.2, 0.25) is 10.0 Å². The minimum atomic E-state index is -0.686. The van der Waals surface area contributed by atoms with E-state index in [9.17, 15) is 9.59 Å². The van der Waals surface area contributed by atoms with Crippen LogP contribution in [0.3, 0.4) is 0 Å². The second-order valence-corrected chi connectivity index (χ2v) is 10.5. The quantitative estimate of drug-likeness (QED) is 0.358. The minimum Gasteiger partial charge on any atom is -0.350 e. The molecule has 0 radical (unpaired) electrons. The summed E-state index contributed by atoms with van der Waals surface area (Å²) in [6, 6.07) is 24.3. The van der Waals surface area contributed by atoms with Crippen molar-refractivity contribution in [2.45, 2.75) is 58.2 Å². The maximum atomic E-state index is 13.7. The molecule has 0 unspecified atom stereocenters. The molecule has 0 aliphatic carbocycles. The fraction of sp³-hybridized carbons (Fsp3) is 0.310. The van der Waals surface area contributed by atoms with Gasteiger partial charge in [0.2, 0.25) is 11.8 Å². The maximum absolute atomic E-state index is 13.7. The lowest BCUT2D eigenvalue weighted by molar-refractivity contribution is -0.141. The largest absolute Gasteiger partial charge is 0.350 e. The molecule has 0 aliphatic heterocycles. The Labute approximate surface area is 218 Å². The Bertz CT molecular complexity index is 1130. The molecular weight excluding hydrogens is 479 g/mol. The molecule has 3 aromatic carbocycles. The highest BCUT2D eigenvalue weighted by Gasteiger charge is 2.32. The number of carbonyl (C=O) groups excluding carboxylic acids is 2. The lowest BCUT2D eigenvalue weighted by Gasteiger charge is -2.34. The van der Waals surface area contributed by atoms with E-state index in [0.29, 0.717) is 29.3 Å². The molecule has 2 amide bonds. The van der Waals surface area contributed by atoms with Crippen LogP contribution in [0.4, 0.5) is 0 Å². The van der Waals surface area contributed by atoms with Crippen molar-refractivity contribution in [1.82, 2.24) is 10.2 Å². The summed E-state index contributed by atoms with van der Waals surface area (Å²) in [7, 11) is 0. The average Bonchev–Trinajstić information content (AvgIpc) is 2.82. The Morgan fingerprint density at radius 1 is 0.829 bits per heavy atom. The highest BCUT2D eigenvalue weighted by atomic mass is 35.5. The molecular formula is C29H32Cl2N2O2. The third-order valence-corrected chi connectivity index (χ3v) is 6.32. The lowest BCUT2D eigenvalue weighted by Crippen LogP contribution is -2.54. The summed E-state index contributed by atoms with van der Waals surface area (Å²) in [5.74, 6) is -0.278. The lowest BCUT2D eigenvalue weighted by atomic mass is 10.00. The molecule has 3 rings (SSSR count). The van der Waals surface area contributed by atoms with Crippen LogP contribution in [0, 0.1) is 0 Å². The highest BCUT2D eigenvalue weighted by molar-refractivity contribution is 6.42. The van der Waals surface area contributed by atoms with Crippen LogP contribution in [-0.4, -0.2) is 28.3 Å². The predicted molar refractivity (Wildman–Crippen MR) is 144 cm³/mol. The van der Waals surface area contributed by atoms with Crippen LogP contribution in [0.1, 0.15) is 43.9 Å². The summed E-state index contributed by atoms with van der Waals surface area (Å²) in [4.78, 5) is 28.9. The monoisotopic (exact) mass is 510 g/mol. The number of aryl methyl sites for hydroxylation is 1. The molecule has 0 bridgehead atoms. The van der Waals surface area contributed by atoms with Crippen molar-refractivity contribution >= 4 is 35.0 Å². The van der Waals surface area contributed by atoms with Gasteiger partial charge in [-0.2, -0.15) is 0 Å². The van der Waals surface area contributed by atoms with Crippen LogP contribution in [0.25, 0.3) is 0 Å². The number of carbonyl (C=O) groups is 2. The minimum absolute atomic E-state index is 0.0927. The number of rotatable bonds is 9. The zero-order valence-corrected chi connectivity index (χ0v) is 21.9. The van der Waals surface area contributed by atoms with Gasteiger partial charge in [-0.25, -0.2) is 0 Å². The number of hydrogen-bond donors (Lipinski definition) is 1. The molecule has 0 saturated heterocycles. The van der Waals surface area contributed by atoms with Crippen molar-refractivity contribution in [2.75, 3.05) is 0 Å². The van der Waals surface area contributed by atoms with E-state index in [4.69, 9.17) is 23.2 Å². The summed E-state index contributed by atoms with van der Waals surface area (Å²) in [5.41, 5.74) is 2.44. The van der Waals surface area contributed by atoms with Gasteiger partial charge in [-0.05, 0) is 56.0 Å². The topological polar surface area (TPSA) is 49.4 Å². The van der Waals surface area contributed by atoms with E-state index in [0.717, 1.165) is 16.7 Å². The maximum Gasteiger partial charge on any atom is 0.243 e. The first-order valence-corrected chi connectivity index (χ1v) is 12.5. The second kappa shape index (κ2) is 12.2. The first-order valence-electron chi connectivity index (χ1n) is 11.8. The smallest absolute Gasteiger partial charge is 0.243 e. The Balaban J connectivity index is 1.94. The molecule has 0 spiro atoms. The molecule has 184 valence electrons. The van der Waals surface area contributed by atoms with Gasteiger partial charge in [0, 0.05) is 24.9 Å². The van der Waals surface area contributed by atoms with Crippen molar-refractivity contribution < 1.29 is 9.59 Å². The first-order chi connectivity index (χ1) is 16.6. The van der Waals surface area contributed by atoms with Crippen molar-refractivity contribution in [2.24, 2.45) is 0 Å². The van der Waals surface area contributed by atoms with Gasteiger partial charge in [-0.3, -0.25) is 9.59 Å². The van der Waals surface area contributed by atoms with Gasteiger partial charge in [-0.1, -0.05) is 89.9 Å². The van der Waals surface area contributed by atoms with Gasteiger partial charge in [0.05, 0.1) is 10.0 Å². The van der Waals surface area contributed by atoms with E-state index in [-0.39, 0.29) is 18.4 Å². The summed E-state index contributed by atoms with van der Waals surface area (Å²) >= 11 is 12.4. The summed E-state index contributed by atoms with van der Waals surface area (Å²) in [5, 5.41) is 3.94. The van der Waals surface area contributed by atoms with Crippen molar-refractivity contribution in [3.63, 3.8) is 0 Å². The number of benzene rings is 3. The Hall–Kier alpha value is -2.82. The van der Waals surface area contributed by atoms with Crippen LogP contribution in [0.5, 0.6) is 0 Å². The van der Waals surface area contributed by atoms with Crippen LogP contribution >= 0.6 is 23.2 Å². The summed E-state index contributed by atoms with van der Waals surface area (Å²) < 4.78 is 0. The average molecular weight is 511 g/mol. The van der Waals surface area contributed by atoms with Crippen LogP contribution in [-0.2, 0) is 29.0 Å². The van der Waals surface area contributed by atoms with E-state index >= 15 is 0 Å². The standard InChI is InChI=1S/C29H32Cl2N2O2/c1-29(2,3)32-28(35)26(19-22-12-8-5-9-13-22)33(20-23-14-16-24(30)25(31)18-23)27(34)17-15-21-10-6-4-7-11-21/h4-14,16,18,26H,15,17,19-20H2,1-3H3,(H,32,35)/t26-/m1/s1.